The summed E-state index contributed by atoms with van der Waals surface area (Å²) in [5.74, 6) is 0. The summed E-state index contributed by atoms with van der Waals surface area (Å²) in [6.45, 7) is 7.43. The third-order valence-corrected chi connectivity index (χ3v) is 2.07. The van der Waals surface area contributed by atoms with Gasteiger partial charge in [-0.05, 0) is 32.5 Å². The number of rotatable bonds is 7. The van der Waals surface area contributed by atoms with Gasteiger partial charge in [-0.15, -0.1) is 0 Å². The Bertz CT molecular complexity index is 92.5. The first-order valence-corrected chi connectivity index (χ1v) is 4.77. The van der Waals surface area contributed by atoms with E-state index in [4.69, 9.17) is 5.11 Å². The number of nitrogens with zero attached hydrogens (tertiary/aromatic N) is 1. The molecule has 3 nitrogen and oxygen atoms in total. The smallest absolute Gasteiger partial charge is 0.188 e. The molecule has 12 heavy (non-hydrogen) atoms. The largest absolute Gasteiger partial charge is 0.366 e. The SMILES string of the molecule is CCN(CC)CCCCC([O])O. The monoisotopic (exact) mass is 174 g/mol. The van der Waals surface area contributed by atoms with Gasteiger partial charge >= 0.3 is 0 Å². The highest BCUT2D eigenvalue weighted by Crippen LogP contribution is 2.00. The predicted molar refractivity (Wildman–Crippen MR) is 48.3 cm³/mol. The lowest BCUT2D eigenvalue weighted by molar-refractivity contribution is -0.0969. The fourth-order valence-corrected chi connectivity index (χ4v) is 1.19. The minimum absolute atomic E-state index is 0.390. The van der Waals surface area contributed by atoms with Crippen molar-refractivity contribution in [2.24, 2.45) is 0 Å². The second kappa shape index (κ2) is 7.53. The third kappa shape index (κ3) is 6.58. The van der Waals surface area contributed by atoms with Crippen molar-refractivity contribution in [2.75, 3.05) is 19.6 Å². The highest BCUT2D eigenvalue weighted by Gasteiger charge is 2.01. The average molecular weight is 174 g/mol. The molecule has 1 unspecified atom stereocenters. The van der Waals surface area contributed by atoms with E-state index in [1.807, 2.05) is 0 Å². The van der Waals surface area contributed by atoms with Gasteiger partial charge in [-0.25, -0.2) is 5.11 Å². The van der Waals surface area contributed by atoms with E-state index in [9.17, 15) is 5.11 Å². The summed E-state index contributed by atoms with van der Waals surface area (Å²) in [6, 6.07) is 0. The van der Waals surface area contributed by atoms with Gasteiger partial charge in [0.25, 0.3) is 0 Å². The first-order valence-electron chi connectivity index (χ1n) is 4.77. The molecule has 1 atom stereocenters. The van der Waals surface area contributed by atoms with E-state index in [0.717, 1.165) is 32.5 Å². The number of aliphatic hydroxyl groups is 1. The Kier molecular flexibility index (Phi) is 7.45. The molecule has 0 spiro atoms. The molecule has 0 saturated carbocycles. The summed E-state index contributed by atoms with van der Waals surface area (Å²) >= 11 is 0. The van der Waals surface area contributed by atoms with Gasteiger partial charge in [0.15, 0.2) is 6.29 Å². The highest BCUT2D eigenvalue weighted by molar-refractivity contribution is 4.52. The zero-order valence-electron chi connectivity index (χ0n) is 8.12. The minimum Gasteiger partial charge on any atom is -0.366 e. The quantitative estimate of drug-likeness (QED) is 0.466. The van der Waals surface area contributed by atoms with Crippen LogP contribution in [0.1, 0.15) is 33.1 Å². The maximum Gasteiger partial charge on any atom is 0.188 e. The van der Waals surface area contributed by atoms with Crippen molar-refractivity contribution in [3.63, 3.8) is 0 Å². The van der Waals surface area contributed by atoms with Gasteiger partial charge < -0.3 is 10.0 Å². The van der Waals surface area contributed by atoms with E-state index in [1.54, 1.807) is 0 Å². The molecule has 0 heterocycles. The lowest BCUT2D eigenvalue weighted by Gasteiger charge is -2.17. The molecule has 73 valence electrons. The Balaban J connectivity index is 3.17. The Morgan fingerprint density at radius 1 is 1.25 bits per heavy atom. The standard InChI is InChI=1S/C9H20NO2/c1-3-10(4-2)8-6-5-7-9(11)12/h9,11H,3-8H2,1-2H3. The molecule has 0 aromatic carbocycles. The maximum absolute atomic E-state index is 10.3. The van der Waals surface area contributed by atoms with Crippen molar-refractivity contribution in [3.8, 4) is 0 Å². The van der Waals surface area contributed by atoms with Crippen LogP contribution in [0, 0.1) is 0 Å². The summed E-state index contributed by atoms with van der Waals surface area (Å²) in [5.41, 5.74) is 0. The van der Waals surface area contributed by atoms with E-state index in [-0.39, 0.29) is 0 Å². The van der Waals surface area contributed by atoms with E-state index in [1.165, 1.54) is 0 Å². The molecule has 0 aromatic heterocycles. The van der Waals surface area contributed by atoms with Crippen LogP contribution in [0.25, 0.3) is 0 Å². The van der Waals surface area contributed by atoms with Gasteiger partial charge in [-0.3, -0.25) is 0 Å². The molecule has 1 N–H and O–H groups in total. The minimum atomic E-state index is -1.37. The molecule has 0 fully saturated rings. The first-order chi connectivity index (χ1) is 5.70. The Hall–Kier alpha value is -0.120. The highest BCUT2D eigenvalue weighted by atomic mass is 16.5. The normalized spacial score (nSPS) is 11.5. The molecular formula is C9H20NO2. The van der Waals surface area contributed by atoms with Crippen molar-refractivity contribution >= 4 is 0 Å². The van der Waals surface area contributed by atoms with Crippen molar-refractivity contribution in [2.45, 2.75) is 39.4 Å². The summed E-state index contributed by atoms with van der Waals surface area (Å²) in [7, 11) is 0. The first kappa shape index (κ1) is 11.9. The second-order valence-electron chi connectivity index (χ2n) is 2.98. The van der Waals surface area contributed by atoms with Crippen LogP contribution in [-0.4, -0.2) is 35.9 Å². The average Bonchev–Trinajstić information content (AvgIpc) is 2.04. The molecule has 0 bridgehead atoms. The third-order valence-electron chi connectivity index (χ3n) is 2.07. The van der Waals surface area contributed by atoms with Crippen LogP contribution >= 0.6 is 0 Å². The molecular weight excluding hydrogens is 154 g/mol. The Labute approximate surface area is 75.0 Å². The number of aliphatic hydroxyl groups excluding tert-OH is 1. The molecule has 3 heteroatoms. The lowest BCUT2D eigenvalue weighted by atomic mass is 10.2. The molecule has 0 aliphatic rings. The fourth-order valence-electron chi connectivity index (χ4n) is 1.19. The van der Waals surface area contributed by atoms with Gasteiger partial charge in [0, 0.05) is 6.42 Å². The molecule has 0 aromatic rings. The van der Waals surface area contributed by atoms with Crippen LogP contribution in [-0.2, 0) is 5.11 Å². The summed E-state index contributed by atoms with van der Waals surface area (Å²) in [5, 5.41) is 18.7. The molecule has 0 amide bonds. The van der Waals surface area contributed by atoms with Gasteiger partial charge in [0.1, 0.15) is 0 Å². The van der Waals surface area contributed by atoms with Crippen LogP contribution in [0.5, 0.6) is 0 Å². The summed E-state index contributed by atoms with van der Waals surface area (Å²) in [4.78, 5) is 2.32. The van der Waals surface area contributed by atoms with Crippen molar-refractivity contribution < 1.29 is 10.2 Å². The van der Waals surface area contributed by atoms with E-state index in [2.05, 4.69) is 18.7 Å². The van der Waals surface area contributed by atoms with Crippen LogP contribution in [0.2, 0.25) is 0 Å². The number of hydrogen-bond donors (Lipinski definition) is 1. The summed E-state index contributed by atoms with van der Waals surface area (Å²) in [6.07, 6.45) is 0.866. The maximum atomic E-state index is 10.3. The fraction of sp³-hybridized carbons (Fsp3) is 1.00. The summed E-state index contributed by atoms with van der Waals surface area (Å²) < 4.78 is 0. The zero-order chi connectivity index (χ0) is 9.40. The van der Waals surface area contributed by atoms with Crippen molar-refractivity contribution in [1.29, 1.82) is 0 Å². The van der Waals surface area contributed by atoms with E-state index >= 15 is 0 Å². The Morgan fingerprint density at radius 3 is 2.25 bits per heavy atom. The predicted octanol–water partition coefficient (Wildman–Crippen LogP) is 1.25. The van der Waals surface area contributed by atoms with Gasteiger partial charge in [0.05, 0.1) is 0 Å². The molecule has 0 aliphatic heterocycles. The molecule has 1 radical (unpaired) electrons. The van der Waals surface area contributed by atoms with Crippen molar-refractivity contribution in [3.05, 3.63) is 0 Å². The van der Waals surface area contributed by atoms with Crippen molar-refractivity contribution in [1.82, 2.24) is 4.90 Å². The van der Waals surface area contributed by atoms with Crippen LogP contribution < -0.4 is 0 Å². The van der Waals surface area contributed by atoms with E-state index < -0.39 is 6.29 Å². The van der Waals surface area contributed by atoms with Crippen LogP contribution in [0.15, 0.2) is 0 Å². The van der Waals surface area contributed by atoms with Crippen LogP contribution in [0.4, 0.5) is 0 Å². The number of hydrogen-bond acceptors (Lipinski definition) is 2. The number of unbranched alkanes of at least 4 members (excludes halogenated alkanes) is 1. The Morgan fingerprint density at radius 2 is 1.83 bits per heavy atom. The molecule has 0 rings (SSSR count). The topological polar surface area (TPSA) is 43.4 Å². The zero-order valence-corrected chi connectivity index (χ0v) is 8.12. The molecule has 0 saturated heterocycles. The van der Waals surface area contributed by atoms with Crippen LogP contribution in [0.3, 0.4) is 0 Å². The second-order valence-corrected chi connectivity index (χ2v) is 2.98. The van der Waals surface area contributed by atoms with Gasteiger partial charge in [0.2, 0.25) is 0 Å². The van der Waals surface area contributed by atoms with Gasteiger partial charge in [-0.1, -0.05) is 13.8 Å². The van der Waals surface area contributed by atoms with E-state index in [0.29, 0.717) is 6.42 Å². The molecule has 0 aliphatic carbocycles. The lowest BCUT2D eigenvalue weighted by Crippen LogP contribution is -2.24. The van der Waals surface area contributed by atoms with Gasteiger partial charge in [-0.2, -0.15) is 0 Å².